The first-order chi connectivity index (χ1) is 6.38. The van der Waals surface area contributed by atoms with Gasteiger partial charge in [0.25, 0.3) is 0 Å². The molecular weight excluding hydrogens is 157 g/mol. The van der Waals surface area contributed by atoms with Gasteiger partial charge in [-0.25, -0.2) is 0 Å². The van der Waals surface area contributed by atoms with Gasteiger partial charge in [0.1, 0.15) is 0 Å². The van der Waals surface area contributed by atoms with Crippen molar-refractivity contribution in [2.24, 2.45) is 0 Å². The fraction of sp³-hybridized carbons (Fsp3) is 0.250. The molecule has 1 aliphatic rings. The van der Waals surface area contributed by atoms with Crippen LogP contribution < -0.4 is 5.23 Å². The third-order valence-corrected chi connectivity index (χ3v) is 2.13. The zero-order valence-electron chi connectivity index (χ0n) is 7.83. The second kappa shape index (κ2) is 3.92. The molecule has 2 rings (SSSR count). The maximum absolute atomic E-state index is 3.13. The number of benzene rings is 1. The topological polar surface area (TPSA) is 15.0 Å². The number of nitrogens with zero attached hydrogens (tertiary/aromatic N) is 1. The molecule has 1 N–H and O–H groups in total. The third kappa shape index (κ3) is 2.56. The van der Waals surface area contributed by atoms with Crippen LogP contribution in [-0.2, 0) is 13.1 Å². The Morgan fingerprint density at radius 2 is 1.77 bits per heavy atom. The van der Waals surface area contributed by atoms with Gasteiger partial charge >= 0.3 is 80.3 Å². The predicted octanol–water partition coefficient (Wildman–Crippen LogP) is -0.707. The second-order valence-corrected chi connectivity index (χ2v) is 3.32. The molecule has 1 aromatic rings. The predicted molar refractivity (Wildman–Crippen MR) is 58.9 cm³/mol. The Labute approximate surface area is 80.9 Å². The molecule has 2 nitrogen and oxygen atoms in total. The van der Waals surface area contributed by atoms with Gasteiger partial charge in [-0.1, -0.05) is 0 Å². The zero-order chi connectivity index (χ0) is 9.10. The van der Waals surface area contributed by atoms with Gasteiger partial charge in [0.05, 0.1) is 0 Å². The Morgan fingerprint density at radius 1 is 1.15 bits per heavy atom. The van der Waals surface area contributed by atoms with E-state index < -0.39 is 0 Å². The number of nitrogens with one attached hydrogen (secondary N) is 1. The normalized spacial score (nSPS) is 12.2. The van der Waals surface area contributed by atoms with Crippen molar-refractivity contribution in [3.8, 4) is 0 Å². The van der Waals surface area contributed by atoms with E-state index in [4.69, 9.17) is 0 Å². The van der Waals surface area contributed by atoms with Crippen LogP contribution in [0.4, 0.5) is 0 Å². The van der Waals surface area contributed by atoms with Gasteiger partial charge in [0.2, 0.25) is 0 Å². The number of hydrogen-bond acceptors (Lipinski definition) is 2. The van der Waals surface area contributed by atoms with Crippen LogP contribution in [0.2, 0.25) is 0 Å². The van der Waals surface area contributed by atoms with Crippen LogP contribution in [0.5, 0.6) is 0 Å². The van der Waals surface area contributed by atoms with E-state index in [-0.39, 0.29) is 0 Å². The Kier molecular flexibility index (Phi) is 2.64. The standard InChI is InChI=1S/C8H11B3N2/c9-12-5-7-1-3-8(4-2-7)6-13-10-11-13/h1-4,12H,5-6,9H2. The fourth-order valence-corrected chi connectivity index (χ4v) is 1.33. The summed E-state index contributed by atoms with van der Waals surface area (Å²) in [6.45, 7) is 6.13. The molecule has 0 amide bonds. The van der Waals surface area contributed by atoms with Gasteiger partial charge in [-0.15, -0.1) is 0 Å². The van der Waals surface area contributed by atoms with E-state index in [1.165, 1.54) is 11.1 Å². The van der Waals surface area contributed by atoms with E-state index in [9.17, 15) is 0 Å². The van der Waals surface area contributed by atoms with Crippen LogP contribution >= 0.6 is 0 Å². The van der Waals surface area contributed by atoms with Crippen molar-refractivity contribution in [3.05, 3.63) is 35.4 Å². The summed E-state index contributed by atoms with van der Waals surface area (Å²) >= 11 is 0. The molecule has 1 aliphatic heterocycles. The van der Waals surface area contributed by atoms with Gasteiger partial charge in [-0.05, 0) is 0 Å². The summed E-state index contributed by atoms with van der Waals surface area (Å²) in [5, 5.41) is 3.13. The number of hydrogen-bond donors (Lipinski definition) is 1. The van der Waals surface area contributed by atoms with Crippen LogP contribution in [-0.4, -0.2) is 26.6 Å². The summed E-state index contributed by atoms with van der Waals surface area (Å²) in [5.74, 6) is 0. The maximum atomic E-state index is 3.13. The van der Waals surface area contributed by atoms with E-state index in [1.54, 1.807) is 0 Å². The first-order valence-electron chi connectivity index (χ1n) is 4.55. The molecule has 0 spiro atoms. The molecule has 1 heterocycles. The summed E-state index contributed by atoms with van der Waals surface area (Å²) < 4.78 is 2.17. The minimum atomic E-state index is 0.947. The number of rotatable bonds is 4. The molecule has 0 radical (unpaired) electrons. The third-order valence-electron chi connectivity index (χ3n) is 2.13. The summed E-state index contributed by atoms with van der Waals surface area (Å²) in [6.07, 6.45) is 0. The van der Waals surface area contributed by atoms with Crippen LogP contribution in [0.25, 0.3) is 0 Å². The molecule has 0 saturated carbocycles. The molecule has 1 aromatic carbocycles. The van der Waals surface area contributed by atoms with Crippen molar-refractivity contribution in [2.45, 2.75) is 13.1 Å². The summed E-state index contributed by atoms with van der Waals surface area (Å²) in [4.78, 5) is 0. The van der Waals surface area contributed by atoms with Gasteiger partial charge < -0.3 is 0 Å². The van der Waals surface area contributed by atoms with E-state index >= 15 is 0 Å². The molecule has 5 heteroatoms. The Balaban J connectivity index is 1.96. The molecule has 0 bridgehead atoms. The Hall–Kier alpha value is -0.825. The van der Waals surface area contributed by atoms with Gasteiger partial charge in [0, 0.05) is 0 Å². The van der Waals surface area contributed by atoms with Crippen LogP contribution in [0.1, 0.15) is 11.1 Å². The molecule has 62 valence electrons. The molecule has 13 heavy (non-hydrogen) atoms. The average Bonchev–Trinajstić information content (AvgIpc) is 2.93. The van der Waals surface area contributed by atoms with E-state index in [2.05, 4.69) is 48.1 Å². The Bertz CT molecular complexity index is 304. The van der Waals surface area contributed by atoms with Crippen LogP contribution in [0, 0.1) is 0 Å². The van der Waals surface area contributed by atoms with Crippen LogP contribution in [0.3, 0.4) is 0 Å². The van der Waals surface area contributed by atoms with Gasteiger partial charge in [0.15, 0.2) is 0 Å². The summed E-state index contributed by atoms with van der Waals surface area (Å²) in [7, 11) is 1.97. The van der Waals surface area contributed by atoms with Crippen molar-refractivity contribution < 1.29 is 0 Å². The van der Waals surface area contributed by atoms with Gasteiger partial charge in [-0.3, -0.25) is 0 Å². The van der Waals surface area contributed by atoms with Crippen molar-refractivity contribution in [3.63, 3.8) is 0 Å². The molecule has 0 aliphatic carbocycles. The molecule has 0 atom stereocenters. The van der Waals surface area contributed by atoms with E-state index in [0.29, 0.717) is 0 Å². The quantitative estimate of drug-likeness (QED) is 0.597. The molecular formula is C8H11B3N2. The molecule has 0 aromatic heterocycles. The summed E-state index contributed by atoms with van der Waals surface area (Å²) in [6, 6.07) is 8.73. The van der Waals surface area contributed by atoms with Crippen molar-refractivity contribution in [1.82, 2.24) is 9.95 Å². The first kappa shape index (κ1) is 8.76. The summed E-state index contributed by atoms with van der Waals surface area (Å²) in [5.41, 5.74) is 2.70. The van der Waals surface area contributed by atoms with Crippen molar-refractivity contribution in [1.29, 1.82) is 0 Å². The van der Waals surface area contributed by atoms with E-state index in [0.717, 1.165) is 13.1 Å². The van der Waals surface area contributed by atoms with E-state index in [1.807, 2.05) is 7.98 Å². The van der Waals surface area contributed by atoms with Crippen LogP contribution in [0.15, 0.2) is 24.3 Å². The molecule has 0 saturated heterocycles. The Morgan fingerprint density at radius 3 is 2.31 bits per heavy atom. The molecule has 0 unspecified atom stereocenters. The monoisotopic (exact) mass is 168 g/mol. The SMILES string of the molecule is BNCc1ccc(CN2B=B2)cc1. The zero-order valence-corrected chi connectivity index (χ0v) is 7.83. The van der Waals surface area contributed by atoms with Crippen molar-refractivity contribution >= 4 is 21.9 Å². The first-order valence-corrected chi connectivity index (χ1v) is 4.55. The van der Waals surface area contributed by atoms with Crippen molar-refractivity contribution in [2.75, 3.05) is 0 Å². The fourth-order valence-electron chi connectivity index (χ4n) is 1.33. The second-order valence-electron chi connectivity index (χ2n) is 3.32. The van der Waals surface area contributed by atoms with Gasteiger partial charge in [-0.2, -0.15) is 0 Å². The molecule has 0 fully saturated rings. The minimum absolute atomic E-state index is 0.947. The average molecular weight is 168 g/mol.